The van der Waals surface area contributed by atoms with E-state index >= 15 is 0 Å². The molecule has 1 heterocycles. The van der Waals surface area contributed by atoms with Gasteiger partial charge >= 0.3 is 0 Å². The van der Waals surface area contributed by atoms with Crippen molar-refractivity contribution in [2.45, 2.75) is 32.7 Å². The predicted molar refractivity (Wildman–Crippen MR) is 73.7 cm³/mol. The fourth-order valence-corrected chi connectivity index (χ4v) is 2.54. The summed E-state index contributed by atoms with van der Waals surface area (Å²) in [4.78, 5) is 14.3. The second-order valence-corrected chi connectivity index (χ2v) is 5.13. The third-order valence-electron chi connectivity index (χ3n) is 3.56. The fourth-order valence-electron chi connectivity index (χ4n) is 2.54. The number of aryl methyl sites for hydroxylation is 1. The smallest absolute Gasteiger partial charge is 0.257 e. The third kappa shape index (κ3) is 3.13. The zero-order valence-electron chi connectivity index (χ0n) is 11.6. The Morgan fingerprint density at radius 3 is 2.89 bits per heavy atom. The molecule has 1 saturated heterocycles. The molecule has 1 unspecified atom stereocenters. The van der Waals surface area contributed by atoms with Gasteiger partial charge in [0.2, 0.25) is 0 Å². The molecule has 0 radical (unpaired) electrons. The van der Waals surface area contributed by atoms with Crippen molar-refractivity contribution in [3.8, 4) is 0 Å². The van der Waals surface area contributed by atoms with E-state index in [9.17, 15) is 9.18 Å². The van der Waals surface area contributed by atoms with Gasteiger partial charge in [-0.3, -0.25) is 4.79 Å². The van der Waals surface area contributed by atoms with E-state index in [1.165, 1.54) is 6.07 Å². The third-order valence-corrected chi connectivity index (χ3v) is 3.56. The van der Waals surface area contributed by atoms with Gasteiger partial charge < -0.3 is 10.2 Å². The molecule has 1 fully saturated rings. The number of hydrogen-bond donors (Lipinski definition) is 1. The summed E-state index contributed by atoms with van der Waals surface area (Å²) < 4.78 is 13.9. The van der Waals surface area contributed by atoms with E-state index in [4.69, 9.17) is 0 Å². The zero-order valence-corrected chi connectivity index (χ0v) is 11.6. The number of nitrogens with zero attached hydrogens (tertiary/aromatic N) is 1. The Morgan fingerprint density at radius 2 is 2.32 bits per heavy atom. The van der Waals surface area contributed by atoms with Gasteiger partial charge in [0.1, 0.15) is 5.82 Å². The first-order chi connectivity index (χ1) is 9.13. The van der Waals surface area contributed by atoms with Crippen molar-refractivity contribution in [2.24, 2.45) is 0 Å². The summed E-state index contributed by atoms with van der Waals surface area (Å²) in [6, 6.07) is 4.99. The van der Waals surface area contributed by atoms with Gasteiger partial charge in [0.15, 0.2) is 0 Å². The van der Waals surface area contributed by atoms with Crippen molar-refractivity contribution in [3.63, 3.8) is 0 Å². The molecule has 1 aliphatic heterocycles. The molecule has 0 aromatic heterocycles. The Labute approximate surface area is 113 Å². The summed E-state index contributed by atoms with van der Waals surface area (Å²) in [6.07, 6.45) is 1.83. The van der Waals surface area contributed by atoms with Gasteiger partial charge in [0.05, 0.1) is 5.56 Å². The van der Waals surface area contributed by atoms with Crippen molar-refractivity contribution in [1.29, 1.82) is 0 Å². The number of amides is 1. The minimum atomic E-state index is -0.419. The van der Waals surface area contributed by atoms with Gasteiger partial charge in [-0.15, -0.1) is 0 Å². The van der Waals surface area contributed by atoms with E-state index in [1.54, 1.807) is 12.1 Å². The summed E-state index contributed by atoms with van der Waals surface area (Å²) in [7, 11) is 0. The first-order valence-electron chi connectivity index (χ1n) is 6.91. The van der Waals surface area contributed by atoms with Crippen molar-refractivity contribution in [1.82, 2.24) is 10.2 Å². The summed E-state index contributed by atoms with van der Waals surface area (Å²) >= 11 is 0. The van der Waals surface area contributed by atoms with Crippen LogP contribution in [0.15, 0.2) is 18.2 Å². The highest BCUT2D eigenvalue weighted by Crippen LogP contribution is 2.17. The van der Waals surface area contributed by atoms with Crippen LogP contribution in [-0.2, 0) is 0 Å². The maximum atomic E-state index is 13.9. The normalized spacial score (nSPS) is 18.6. The minimum absolute atomic E-state index is 0.186. The van der Waals surface area contributed by atoms with Crippen LogP contribution in [0.1, 0.15) is 35.7 Å². The summed E-state index contributed by atoms with van der Waals surface area (Å²) in [6.45, 7) is 6.27. The minimum Gasteiger partial charge on any atom is -0.334 e. The Bertz CT molecular complexity index is 455. The van der Waals surface area contributed by atoms with Crippen LogP contribution in [0.4, 0.5) is 4.39 Å². The number of halogens is 1. The molecule has 1 atom stereocenters. The molecule has 1 aromatic rings. The quantitative estimate of drug-likeness (QED) is 0.905. The first-order valence-corrected chi connectivity index (χ1v) is 6.91. The second-order valence-electron chi connectivity index (χ2n) is 5.13. The maximum Gasteiger partial charge on any atom is 0.257 e. The number of hydrogen-bond acceptors (Lipinski definition) is 2. The second kappa shape index (κ2) is 6.15. The average molecular weight is 264 g/mol. The van der Waals surface area contributed by atoms with Crippen LogP contribution in [0.5, 0.6) is 0 Å². The molecule has 0 spiro atoms. The molecule has 1 N–H and O–H groups in total. The molecule has 3 nitrogen and oxygen atoms in total. The van der Waals surface area contributed by atoms with E-state index in [-0.39, 0.29) is 17.5 Å². The molecule has 4 heteroatoms. The maximum absolute atomic E-state index is 13.9. The van der Waals surface area contributed by atoms with E-state index in [1.807, 2.05) is 18.7 Å². The number of carbonyl (C=O) groups excluding carboxylic acids is 1. The number of nitrogens with one attached hydrogen (secondary N) is 1. The van der Waals surface area contributed by atoms with Crippen LogP contribution < -0.4 is 5.32 Å². The highest BCUT2D eigenvalue weighted by molar-refractivity contribution is 5.94. The van der Waals surface area contributed by atoms with Gasteiger partial charge in [-0.2, -0.15) is 0 Å². The summed E-state index contributed by atoms with van der Waals surface area (Å²) in [5, 5.41) is 3.25. The van der Waals surface area contributed by atoms with Gasteiger partial charge in [-0.05, 0) is 44.0 Å². The van der Waals surface area contributed by atoms with Gasteiger partial charge in [0.25, 0.3) is 5.91 Å². The summed E-state index contributed by atoms with van der Waals surface area (Å²) in [5.41, 5.74) is 1.02. The Kier molecular flexibility index (Phi) is 4.53. The van der Waals surface area contributed by atoms with E-state index in [0.29, 0.717) is 6.54 Å². The predicted octanol–water partition coefficient (Wildman–Crippen LogP) is 2.35. The number of rotatable bonds is 4. The molecule has 0 saturated carbocycles. The van der Waals surface area contributed by atoms with Crippen LogP contribution in [0, 0.1) is 12.7 Å². The van der Waals surface area contributed by atoms with Crippen molar-refractivity contribution >= 4 is 5.91 Å². The van der Waals surface area contributed by atoms with Crippen LogP contribution in [-0.4, -0.2) is 36.5 Å². The fraction of sp³-hybridized carbons (Fsp3) is 0.533. The zero-order chi connectivity index (χ0) is 13.8. The Morgan fingerprint density at radius 1 is 1.53 bits per heavy atom. The molecule has 0 aliphatic carbocycles. The highest BCUT2D eigenvalue weighted by Gasteiger charge is 2.27. The largest absolute Gasteiger partial charge is 0.334 e. The molecular weight excluding hydrogens is 243 g/mol. The lowest BCUT2D eigenvalue weighted by molar-refractivity contribution is 0.0687. The van der Waals surface area contributed by atoms with Crippen molar-refractivity contribution in [2.75, 3.05) is 19.6 Å². The van der Waals surface area contributed by atoms with Crippen molar-refractivity contribution in [3.05, 3.63) is 35.1 Å². The Balaban J connectivity index is 2.22. The van der Waals surface area contributed by atoms with Crippen molar-refractivity contribution < 1.29 is 9.18 Å². The first kappa shape index (κ1) is 14.0. The van der Waals surface area contributed by atoms with Gasteiger partial charge in [0, 0.05) is 19.1 Å². The van der Waals surface area contributed by atoms with E-state index in [0.717, 1.165) is 31.5 Å². The molecule has 2 rings (SSSR count). The average Bonchev–Trinajstić information content (AvgIpc) is 2.89. The lowest BCUT2D eigenvalue weighted by Crippen LogP contribution is -2.42. The molecule has 1 amide bonds. The molecule has 0 bridgehead atoms. The Hall–Kier alpha value is -1.42. The molecule has 19 heavy (non-hydrogen) atoms. The van der Waals surface area contributed by atoms with Crippen LogP contribution >= 0.6 is 0 Å². The highest BCUT2D eigenvalue weighted by atomic mass is 19.1. The molecule has 1 aromatic carbocycles. The number of carbonyl (C=O) groups is 1. The monoisotopic (exact) mass is 264 g/mol. The van der Waals surface area contributed by atoms with Crippen LogP contribution in [0.2, 0.25) is 0 Å². The summed E-state index contributed by atoms with van der Waals surface area (Å²) in [5.74, 6) is -0.606. The SMILES string of the molecule is CCCN(C(=O)c1ccc(C)cc1F)C1CCNC1. The topological polar surface area (TPSA) is 32.3 Å². The van der Waals surface area contributed by atoms with Crippen LogP contribution in [0.3, 0.4) is 0 Å². The van der Waals surface area contributed by atoms with E-state index < -0.39 is 5.82 Å². The standard InChI is InChI=1S/C15H21FN2O/c1-3-8-18(12-6-7-17-10-12)15(19)13-5-4-11(2)9-14(13)16/h4-5,9,12,17H,3,6-8,10H2,1-2H3. The van der Waals surface area contributed by atoms with Gasteiger partial charge in [-0.1, -0.05) is 13.0 Å². The van der Waals surface area contributed by atoms with Crippen LogP contribution in [0.25, 0.3) is 0 Å². The molecule has 1 aliphatic rings. The lowest BCUT2D eigenvalue weighted by atomic mass is 10.1. The lowest BCUT2D eigenvalue weighted by Gasteiger charge is -2.28. The molecule has 104 valence electrons. The van der Waals surface area contributed by atoms with Gasteiger partial charge in [-0.25, -0.2) is 4.39 Å². The van der Waals surface area contributed by atoms with E-state index in [2.05, 4.69) is 5.32 Å². The number of benzene rings is 1. The molecular formula is C15H21FN2O.